The van der Waals surface area contributed by atoms with Gasteiger partial charge in [-0.25, -0.2) is 4.39 Å². The lowest BCUT2D eigenvalue weighted by molar-refractivity contribution is -0.128. The number of carbonyl (C=O) groups is 2. The van der Waals surface area contributed by atoms with E-state index in [4.69, 9.17) is 0 Å². The van der Waals surface area contributed by atoms with Gasteiger partial charge in [0.05, 0.1) is 5.92 Å². The van der Waals surface area contributed by atoms with E-state index in [0.29, 0.717) is 30.6 Å². The summed E-state index contributed by atoms with van der Waals surface area (Å²) in [4.78, 5) is 29.8. The van der Waals surface area contributed by atoms with Crippen LogP contribution in [0.5, 0.6) is 0 Å². The van der Waals surface area contributed by atoms with Crippen LogP contribution in [-0.4, -0.2) is 45.0 Å². The molecule has 1 aromatic carbocycles. The Morgan fingerprint density at radius 3 is 3.03 bits per heavy atom. The molecule has 2 N–H and O–H groups in total. The lowest BCUT2D eigenvalue weighted by Crippen LogP contribution is -2.30. The number of halogens is 1. The Morgan fingerprint density at radius 1 is 1.40 bits per heavy atom. The minimum atomic E-state index is -0.407. The van der Waals surface area contributed by atoms with Crippen molar-refractivity contribution in [1.82, 2.24) is 20.1 Å². The molecule has 30 heavy (non-hydrogen) atoms. The number of rotatable bonds is 7. The summed E-state index contributed by atoms with van der Waals surface area (Å²) in [5.74, 6) is -0.469. The molecule has 7 nitrogen and oxygen atoms in total. The first-order valence-electron chi connectivity index (χ1n) is 10.1. The van der Waals surface area contributed by atoms with Crippen molar-refractivity contribution >= 4 is 39.2 Å². The molecule has 0 unspecified atom stereocenters. The molecule has 4 rings (SSSR count). The van der Waals surface area contributed by atoms with Crippen LogP contribution >= 0.6 is 11.3 Å². The largest absolute Gasteiger partial charge is 0.361 e. The van der Waals surface area contributed by atoms with E-state index in [2.05, 4.69) is 34.3 Å². The molecule has 1 atom stereocenters. The number of aromatic nitrogens is 3. The average molecular weight is 430 g/mol. The lowest BCUT2D eigenvalue weighted by atomic mass is 10.1. The van der Waals surface area contributed by atoms with Crippen molar-refractivity contribution in [2.75, 3.05) is 18.4 Å². The monoisotopic (exact) mass is 429 g/mol. The zero-order chi connectivity index (χ0) is 21.3. The summed E-state index contributed by atoms with van der Waals surface area (Å²) in [5.41, 5.74) is 1.82. The Balaban J connectivity index is 1.33. The molecule has 158 valence electrons. The number of amides is 2. The van der Waals surface area contributed by atoms with Crippen LogP contribution in [-0.2, 0) is 22.4 Å². The molecule has 3 heterocycles. The van der Waals surface area contributed by atoms with Crippen LogP contribution in [0.2, 0.25) is 0 Å². The van der Waals surface area contributed by atoms with E-state index in [9.17, 15) is 14.0 Å². The predicted octanol–water partition coefficient (Wildman–Crippen LogP) is 3.39. The van der Waals surface area contributed by atoms with Crippen molar-refractivity contribution in [3.8, 4) is 0 Å². The van der Waals surface area contributed by atoms with Crippen LogP contribution in [0.4, 0.5) is 9.52 Å². The van der Waals surface area contributed by atoms with E-state index in [-0.39, 0.29) is 24.1 Å². The Morgan fingerprint density at radius 2 is 2.23 bits per heavy atom. The quantitative estimate of drug-likeness (QED) is 0.602. The predicted molar refractivity (Wildman–Crippen MR) is 114 cm³/mol. The van der Waals surface area contributed by atoms with Crippen LogP contribution in [0.15, 0.2) is 24.4 Å². The molecule has 0 radical (unpaired) electrons. The normalized spacial score (nSPS) is 16.7. The number of aromatic amines is 1. The maximum atomic E-state index is 13.5. The van der Waals surface area contributed by atoms with Crippen LogP contribution in [0.3, 0.4) is 0 Å². The fraction of sp³-hybridized carbons (Fsp3) is 0.429. The van der Waals surface area contributed by atoms with Crippen molar-refractivity contribution < 1.29 is 14.0 Å². The molecule has 9 heteroatoms. The van der Waals surface area contributed by atoms with Crippen LogP contribution in [0.1, 0.15) is 30.8 Å². The standard InChI is InChI=1S/C21H24FN5O2S/c1-12(2)7-18-25-26-21(30-18)24-20(29)14-8-19(28)27(11-14)6-5-13-10-23-17-4-3-15(22)9-16(13)17/h3-4,9-10,12,14,23H,5-8,11H2,1-2H3,(H,24,26,29)/t14-/m1/s1. The highest BCUT2D eigenvalue weighted by Crippen LogP contribution is 2.24. The number of hydrogen-bond acceptors (Lipinski definition) is 5. The fourth-order valence-corrected chi connectivity index (χ4v) is 4.67. The summed E-state index contributed by atoms with van der Waals surface area (Å²) in [6.45, 7) is 5.07. The molecule has 2 amide bonds. The summed E-state index contributed by atoms with van der Waals surface area (Å²) in [6.07, 6.45) is 3.45. The molecule has 1 saturated heterocycles. The summed E-state index contributed by atoms with van der Waals surface area (Å²) < 4.78 is 13.5. The molecular formula is C21H24FN5O2S. The molecule has 0 saturated carbocycles. The van der Waals surface area contributed by atoms with Gasteiger partial charge in [-0.2, -0.15) is 0 Å². The zero-order valence-electron chi connectivity index (χ0n) is 16.9. The molecular weight excluding hydrogens is 405 g/mol. The second-order valence-corrected chi connectivity index (χ2v) is 9.14. The first-order chi connectivity index (χ1) is 14.4. The fourth-order valence-electron chi connectivity index (χ4n) is 3.72. The van der Waals surface area contributed by atoms with E-state index in [1.165, 1.54) is 23.5 Å². The summed E-state index contributed by atoms with van der Waals surface area (Å²) >= 11 is 1.37. The second kappa shape index (κ2) is 8.51. The number of anilines is 1. The van der Waals surface area contributed by atoms with E-state index in [0.717, 1.165) is 27.9 Å². The topological polar surface area (TPSA) is 91.0 Å². The Hall–Kier alpha value is -2.81. The van der Waals surface area contributed by atoms with Gasteiger partial charge in [0, 0.05) is 43.0 Å². The molecule has 0 spiro atoms. The summed E-state index contributed by atoms with van der Waals surface area (Å²) in [6, 6.07) is 4.62. The maximum Gasteiger partial charge on any atom is 0.231 e. The highest BCUT2D eigenvalue weighted by Gasteiger charge is 2.34. The van der Waals surface area contributed by atoms with Crippen molar-refractivity contribution in [2.45, 2.75) is 33.1 Å². The number of carbonyl (C=O) groups excluding carboxylic acids is 2. The number of H-pyrrole nitrogens is 1. The number of nitrogens with zero attached hydrogens (tertiary/aromatic N) is 3. The number of benzene rings is 1. The molecule has 2 aromatic heterocycles. The first kappa shape index (κ1) is 20.5. The van der Waals surface area contributed by atoms with E-state index < -0.39 is 5.92 Å². The highest BCUT2D eigenvalue weighted by molar-refractivity contribution is 7.15. The van der Waals surface area contributed by atoms with Gasteiger partial charge in [0.25, 0.3) is 0 Å². The first-order valence-corrected chi connectivity index (χ1v) is 10.9. The average Bonchev–Trinajstić information content (AvgIpc) is 3.39. The zero-order valence-corrected chi connectivity index (χ0v) is 17.8. The van der Waals surface area contributed by atoms with Gasteiger partial charge in [0.15, 0.2) is 0 Å². The molecule has 1 aliphatic rings. The summed E-state index contributed by atoms with van der Waals surface area (Å²) in [5, 5.41) is 13.1. The van der Waals surface area contributed by atoms with E-state index in [1.807, 2.05) is 6.20 Å². The van der Waals surface area contributed by atoms with E-state index >= 15 is 0 Å². The summed E-state index contributed by atoms with van der Waals surface area (Å²) in [7, 11) is 0. The third-order valence-corrected chi connectivity index (χ3v) is 6.11. The van der Waals surface area contributed by atoms with Gasteiger partial charge in [-0.1, -0.05) is 25.2 Å². The van der Waals surface area contributed by atoms with Gasteiger partial charge in [-0.15, -0.1) is 10.2 Å². The van der Waals surface area contributed by atoms with Gasteiger partial charge in [0.2, 0.25) is 16.9 Å². The molecule has 1 aliphatic heterocycles. The van der Waals surface area contributed by atoms with Gasteiger partial charge in [-0.3, -0.25) is 9.59 Å². The third kappa shape index (κ3) is 4.51. The maximum absolute atomic E-state index is 13.5. The van der Waals surface area contributed by atoms with Gasteiger partial charge in [-0.05, 0) is 36.1 Å². The lowest BCUT2D eigenvalue weighted by Gasteiger charge is -2.16. The minimum absolute atomic E-state index is 0.0427. The van der Waals surface area contributed by atoms with Gasteiger partial charge < -0.3 is 15.2 Å². The van der Waals surface area contributed by atoms with Crippen molar-refractivity contribution in [1.29, 1.82) is 0 Å². The van der Waals surface area contributed by atoms with Crippen molar-refractivity contribution in [2.24, 2.45) is 11.8 Å². The SMILES string of the molecule is CC(C)Cc1nnc(NC(=O)[C@@H]2CC(=O)N(CCc3c[nH]c4ccc(F)cc34)C2)s1. The van der Waals surface area contributed by atoms with Crippen molar-refractivity contribution in [3.63, 3.8) is 0 Å². The Kier molecular flexibility index (Phi) is 5.80. The number of likely N-dealkylation sites (tertiary alicyclic amines) is 1. The molecule has 1 fully saturated rings. The van der Waals surface area contributed by atoms with Gasteiger partial charge >= 0.3 is 0 Å². The van der Waals surface area contributed by atoms with Crippen LogP contribution < -0.4 is 5.32 Å². The molecule has 0 aliphatic carbocycles. The smallest absolute Gasteiger partial charge is 0.231 e. The number of nitrogens with one attached hydrogen (secondary N) is 2. The number of hydrogen-bond donors (Lipinski definition) is 2. The minimum Gasteiger partial charge on any atom is -0.361 e. The van der Waals surface area contributed by atoms with Gasteiger partial charge in [0.1, 0.15) is 10.8 Å². The van der Waals surface area contributed by atoms with Crippen molar-refractivity contribution in [3.05, 3.63) is 40.8 Å². The Bertz CT molecular complexity index is 1080. The van der Waals surface area contributed by atoms with Crippen LogP contribution in [0, 0.1) is 17.7 Å². The molecule has 0 bridgehead atoms. The highest BCUT2D eigenvalue weighted by atomic mass is 32.1. The Labute approximate surface area is 177 Å². The van der Waals surface area contributed by atoms with E-state index in [1.54, 1.807) is 11.0 Å². The third-order valence-electron chi connectivity index (χ3n) is 5.25. The molecule has 3 aromatic rings. The second-order valence-electron chi connectivity index (χ2n) is 8.08. The van der Waals surface area contributed by atoms with Crippen LogP contribution in [0.25, 0.3) is 10.9 Å². The number of fused-ring (bicyclic) bond motifs is 1.